The quantitative estimate of drug-likeness (QED) is 0.669. The number of benzene rings is 2. The molecule has 1 atom stereocenters. The molecule has 0 spiro atoms. The zero-order valence-corrected chi connectivity index (χ0v) is 17.4. The van der Waals surface area contributed by atoms with Gasteiger partial charge in [0.1, 0.15) is 17.3 Å². The summed E-state index contributed by atoms with van der Waals surface area (Å²) in [6.07, 6.45) is 3.55. The smallest absolute Gasteiger partial charge is 0.276 e. The van der Waals surface area contributed by atoms with Gasteiger partial charge in [0.05, 0.1) is 11.4 Å². The summed E-state index contributed by atoms with van der Waals surface area (Å²) in [5.41, 5.74) is 3.59. The standard InChI is InChI=1S/C24H24N4O3/c1-15-23(29)26-18-14-17(11-12-20(18)31-15)25-24(30)21-19-10-6-3-7-13-28(19)22(27-21)16-8-4-2-5-9-16/h2,4-5,8-9,11-12,14-15H,3,6-7,10,13H2,1H3,(H,25,30)(H,26,29)/t15-/m1/s1. The molecule has 0 unspecified atom stereocenters. The number of carbonyl (C=O) groups excluding carboxylic acids is 2. The first-order valence-electron chi connectivity index (χ1n) is 10.7. The van der Waals surface area contributed by atoms with Crippen LogP contribution in [0.3, 0.4) is 0 Å². The van der Waals surface area contributed by atoms with Crippen molar-refractivity contribution in [2.75, 3.05) is 10.6 Å². The van der Waals surface area contributed by atoms with Crippen LogP contribution in [-0.4, -0.2) is 27.5 Å². The van der Waals surface area contributed by atoms with Crippen LogP contribution < -0.4 is 15.4 Å². The number of carbonyl (C=O) groups is 2. The lowest BCUT2D eigenvalue weighted by molar-refractivity contribution is -0.122. The zero-order chi connectivity index (χ0) is 21.4. The summed E-state index contributed by atoms with van der Waals surface area (Å²) in [4.78, 5) is 29.9. The second kappa shape index (κ2) is 7.91. The molecule has 3 aromatic rings. The van der Waals surface area contributed by atoms with E-state index in [9.17, 15) is 9.59 Å². The van der Waals surface area contributed by atoms with E-state index < -0.39 is 6.10 Å². The number of hydrogen-bond donors (Lipinski definition) is 2. The minimum absolute atomic E-state index is 0.206. The average molecular weight is 416 g/mol. The molecule has 5 rings (SSSR count). The number of nitrogens with zero attached hydrogens (tertiary/aromatic N) is 2. The highest BCUT2D eigenvalue weighted by Crippen LogP contribution is 2.33. The molecule has 0 radical (unpaired) electrons. The van der Waals surface area contributed by atoms with Crippen molar-refractivity contribution in [1.82, 2.24) is 9.55 Å². The number of ether oxygens (including phenoxy) is 1. The van der Waals surface area contributed by atoms with E-state index in [0.717, 1.165) is 49.3 Å². The summed E-state index contributed by atoms with van der Waals surface area (Å²) in [5, 5.41) is 5.76. The maximum absolute atomic E-state index is 13.2. The highest BCUT2D eigenvalue weighted by molar-refractivity contribution is 6.05. The van der Waals surface area contributed by atoms with E-state index in [4.69, 9.17) is 9.72 Å². The molecule has 0 saturated heterocycles. The maximum Gasteiger partial charge on any atom is 0.276 e. The molecule has 0 bridgehead atoms. The minimum Gasteiger partial charge on any atom is -0.479 e. The van der Waals surface area contributed by atoms with Crippen molar-refractivity contribution >= 4 is 23.2 Å². The van der Waals surface area contributed by atoms with Gasteiger partial charge in [-0.1, -0.05) is 36.8 Å². The minimum atomic E-state index is -0.537. The first-order valence-corrected chi connectivity index (χ1v) is 10.7. The van der Waals surface area contributed by atoms with Crippen molar-refractivity contribution in [2.45, 2.75) is 45.3 Å². The van der Waals surface area contributed by atoms with Crippen LogP contribution in [0.25, 0.3) is 11.4 Å². The number of imidazole rings is 1. The molecule has 7 heteroatoms. The molecule has 0 aliphatic carbocycles. The Morgan fingerprint density at radius 2 is 2.00 bits per heavy atom. The molecular formula is C24H24N4O3. The Morgan fingerprint density at radius 1 is 1.16 bits per heavy atom. The summed E-state index contributed by atoms with van der Waals surface area (Å²) >= 11 is 0. The summed E-state index contributed by atoms with van der Waals surface area (Å²) in [6.45, 7) is 2.56. The van der Waals surface area contributed by atoms with Gasteiger partial charge in [-0.3, -0.25) is 9.59 Å². The number of aromatic nitrogens is 2. The number of hydrogen-bond acceptors (Lipinski definition) is 4. The molecular weight excluding hydrogens is 392 g/mol. The molecule has 2 aliphatic heterocycles. The van der Waals surface area contributed by atoms with Crippen LogP contribution in [0, 0.1) is 0 Å². The monoisotopic (exact) mass is 416 g/mol. The van der Waals surface area contributed by atoms with Gasteiger partial charge in [0.2, 0.25) is 0 Å². The van der Waals surface area contributed by atoms with E-state index in [2.05, 4.69) is 15.2 Å². The lowest BCUT2D eigenvalue weighted by Crippen LogP contribution is -2.34. The van der Waals surface area contributed by atoms with Crippen LogP contribution >= 0.6 is 0 Å². The Labute approximate surface area is 180 Å². The first-order chi connectivity index (χ1) is 15.1. The van der Waals surface area contributed by atoms with E-state index in [1.54, 1.807) is 25.1 Å². The molecule has 31 heavy (non-hydrogen) atoms. The second-order valence-corrected chi connectivity index (χ2v) is 7.97. The molecule has 2 amide bonds. The van der Waals surface area contributed by atoms with Crippen molar-refractivity contribution in [1.29, 1.82) is 0 Å². The topological polar surface area (TPSA) is 85.2 Å². The van der Waals surface area contributed by atoms with Crippen LogP contribution in [0.1, 0.15) is 42.4 Å². The lowest BCUT2D eigenvalue weighted by Gasteiger charge is -2.23. The van der Waals surface area contributed by atoms with E-state index in [1.807, 2.05) is 30.3 Å². The lowest BCUT2D eigenvalue weighted by atomic mass is 10.1. The Kier molecular flexibility index (Phi) is 4.94. The number of fused-ring (bicyclic) bond motifs is 2. The SMILES string of the molecule is C[C@H]1Oc2ccc(NC(=O)c3nc(-c4ccccc4)n4c3CCCCC4)cc2NC1=O. The summed E-state index contributed by atoms with van der Waals surface area (Å²) in [5.74, 6) is 0.974. The first kappa shape index (κ1) is 19.4. The Morgan fingerprint density at radius 3 is 2.84 bits per heavy atom. The third kappa shape index (κ3) is 3.67. The molecule has 0 fully saturated rings. The van der Waals surface area contributed by atoms with Crippen molar-refractivity contribution in [3.63, 3.8) is 0 Å². The van der Waals surface area contributed by atoms with Crippen molar-refractivity contribution in [3.8, 4) is 17.1 Å². The van der Waals surface area contributed by atoms with Gasteiger partial charge in [0, 0.05) is 17.8 Å². The Hall–Kier alpha value is -3.61. The van der Waals surface area contributed by atoms with Gasteiger partial charge in [0.25, 0.3) is 11.8 Å². The number of anilines is 2. The largest absolute Gasteiger partial charge is 0.479 e. The number of rotatable bonds is 3. The molecule has 2 N–H and O–H groups in total. The second-order valence-electron chi connectivity index (χ2n) is 7.97. The molecule has 158 valence electrons. The van der Waals surface area contributed by atoms with Crippen molar-refractivity contribution in [2.24, 2.45) is 0 Å². The fraction of sp³-hybridized carbons (Fsp3) is 0.292. The third-order valence-corrected chi connectivity index (χ3v) is 5.78. The summed E-state index contributed by atoms with van der Waals surface area (Å²) < 4.78 is 7.78. The highest BCUT2D eigenvalue weighted by Gasteiger charge is 2.26. The zero-order valence-electron chi connectivity index (χ0n) is 17.4. The fourth-order valence-electron chi connectivity index (χ4n) is 4.19. The molecule has 0 saturated carbocycles. The maximum atomic E-state index is 13.2. The predicted molar refractivity (Wildman–Crippen MR) is 118 cm³/mol. The Balaban J connectivity index is 1.47. The van der Waals surface area contributed by atoms with Gasteiger partial charge >= 0.3 is 0 Å². The van der Waals surface area contributed by atoms with Crippen molar-refractivity contribution < 1.29 is 14.3 Å². The highest BCUT2D eigenvalue weighted by atomic mass is 16.5. The average Bonchev–Trinajstić information content (AvgIpc) is 2.96. The van der Waals surface area contributed by atoms with E-state index in [0.29, 0.717) is 22.8 Å². The van der Waals surface area contributed by atoms with Gasteiger partial charge < -0.3 is 19.9 Å². The number of amides is 2. The van der Waals surface area contributed by atoms with Crippen LogP contribution in [0.5, 0.6) is 5.75 Å². The normalized spacial score (nSPS) is 17.6. The fourth-order valence-corrected chi connectivity index (χ4v) is 4.19. The molecule has 3 heterocycles. The molecule has 1 aromatic heterocycles. The van der Waals surface area contributed by atoms with Crippen LogP contribution in [0.15, 0.2) is 48.5 Å². The molecule has 2 aromatic carbocycles. The van der Waals surface area contributed by atoms with Gasteiger partial charge in [-0.25, -0.2) is 4.98 Å². The molecule has 7 nitrogen and oxygen atoms in total. The van der Waals surface area contributed by atoms with E-state index in [1.165, 1.54) is 0 Å². The van der Waals surface area contributed by atoms with E-state index in [-0.39, 0.29) is 11.8 Å². The van der Waals surface area contributed by atoms with Crippen LogP contribution in [-0.2, 0) is 17.8 Å². The predicted octanol–water partition coefficient (Wildman–Crippen LogP) is 4.25. The summed E-state index contributed by atoms with van der Waals surface area (Å²) in [6, 6.07) is 15.2. The molecule has 2 aliphatic rings. The third-order valence-electron chi connectivity index (χ3n) is 5.78. The van der Waals surface area contributed by atoms with Crippen LogP contribution in [0.4, 0.5) is 11.4 Å². The number of nitrogens with one attached hydrogen (secondary N) is 2. The summed E-state index contributed by atoms with van der Waals surface area (Å²) in [7, 11) is 0. The Bertz CT molecular complexity index is 1150. The van der Waals surface area contributed by atoms with E-state index >= 15 is 0 Å². The van der Waals surface area contributed by atoms with Crippen LogP contribution in [0.2, 0.25) is 0 Å². The van der Waals surface area contributed by atoms with Gasteiger partial charge in [-0.05, 0) is 44.4 Å². The van der Waals surface area contributed by atoms with Crippen molar-refractivity contribution in [3.05, 3.63) is 59.9 Å². The van der Waals surface area contributed by atoms with Gasteiger partial charge in [0.15, 0.2) is 6.10 Å². The van der Waals surface area contributed by atoms with Gasteiger partial charge in [-0.2, -0.15) is 0 Å². The van der Waals surface area contributed by atoms with Gasteiger partial charge in [-0.15, -0.1) is 0 Å².